The van der Waals surface area contributed by atoms with E-state index in [0.717, 1.165) is 24.8 Å². The van der Waals surface area contributed by atoms with Gasteiger partial charge in [-0.25, -0.2) is 8.42 Å². The Morgan fingerprint density at radius 2 is 1.97 bits per heavy atom. The van der Waals surface area contributed by atoms with E-state index in [1.54, 1.807) is 48.5 Å². The Labute approximate surface area is 197 Å². The number of benzene rings is 2. The van der Waals surface area contributed by atoms with Crippen molar-refractivity contribution in [2.45, 2.75) is 41.8 Å². The number of nitrogens with one attached hydrogen (secondary N) is 3. The van der Waals surface area contributed by atoms with Crippen molar-refractivity contribution in [2.24, 2.45) is 0 Å². The molecule has 7 nitrogen and oxygen atoms in total. The van der Waals surface area contributed by atoms with Gasteiger partial charge in [0.1, 0.15) is 5.50 Å². The molecule has 2 unspecified atom stereocenters. The van der Waals surface area contributed by atoms with Crippen LogP contribution in [0, 0.1) is 0 Å². The van der Waals surface area contributed by atoms with Gasteiger partial charge in [0.25, 0.3) is 0 Å². The van der Waals surface area contributed by atoms with Crippen LogP contribution in [0.15, 0.2) is 53.4 Å². The van der Waals surface area contributed by atoms with E-state index in [0.29, 0.717) is 10.7 Å². The van der Waals surface area contributed by atoms with Gasteiger partial charge in [-0.05, 0) is 48.7 Å². The fourth-order valence-corrected chi connectivity index (χ4v) is 5.75. The summed E-state index contributed by atoms with van der Waals surface area (Å²) in [6.45, 7) is 2.07. The third-order valence-electron chi connectivity index (χ3n) is 4.99. The minimum absolute atomic E-state index is 0.0284. The summed E-state index contributed by atoms with van der Waals surface area (Å²) in [4.78, 5) is 24.8. The molecule has 2 amide bonds. The number of amides is 2. The van der Waals surface area contributed by atoms with E-state index in [9.17, 15) is 18.0 Å². The van der Waals surface area contributed by atoms with E-state index in [1.165, 1.54) is 11.8 Å². The standard InChI is InChI=1S/C22H26ClN3O4S2/c1-2-3-5-15-8-10-18(11-9-15)32(29,30)19-13-24-22(26-21(19)28)31-14-20(27)25-17-7-4-6-16(23)12-17/h4,6-12,19,22,24H,2-3,5,13-14H2,1H3,(H,25,27)(H,26,28). The number of aryl methyl sites for hydroxylation is 1. The van der Waals surface area contributed by atoms with E-state index in [2.05, 4.69) is 22.9 Å². The van der Waals surface area contributed by atoms with Gasteiger partial charge in [-0.2, -0.15) is 0 Å². The molecule has 1 saturated heterocycles. The molecule has 2 aromatic rings. The third-order valence-corrected chi connectivity index (χ3v) is 8.33. The molecule has 0 aliphatic carbocycles. The lowest BCUT2D eigenvalue weighted by Gasteiger charge is -2.29. The zero-order valence-electron chi connectivity index (χ0n) is 17.6. The molecule has 0 radical (unpaired) electrons. The molecule has 0 saturated carbocycles. The summed E-state index contributed by atoms with van der Waals surface area (Å²) >= 11 is 7.07. The molecule has 2 aromatic carbocycles. The van der Waals surface area contributed by atoms with E-state index >= 15 is 0 Å². The highest BCUT2D eigenvalue weighted by atomic mass is 35.5. The van der Waals surface area contributed by atoms with E-state index in [-0.39, 0.29) is 23.1 Å². The topological polar surface area (TPSA) is 104 Å². The highest BCUT2D eigenvalue weighted by Gasteiger charge is 2.38. The number of unbranched alkanes of at least 4 members (excludes halogenated alkanes) is 1. The largest absolute Gasteiger partial charge is 0.331 e. The molecule has 3 rings (SSSR count). The average Bonchev–Trinajstić information content (AvgIpc) is 2.76. The zero-order valence-corrected chi connectivity index (χ0v) is 20.0. The van der Waals surface area contributed by atoms with Gasteiger partial charge in [-0.15, -0.1) is 11.8 Å². The van der Waals surface area contributed by atoms with Gasteiger partial charge < -0.3 is 10.6 Å². The van der Waals surface area contributed by atoms with Crippen LogP contribution in [0.5, 0.6) is 0 Å². The minimum atomic E-state index is -3.82. The summed E-state index contributed by atoms with van der Waals surface area (Å²) in [5, 5.41) is 7.65. The number of hydrogen-bond donors (Lipinski definition) is 3. The van der Waals surface area contributed by atoms with Gasteiger partial charge in [0.15, 0.2) is 15.1 Å². The SMILES string of the molecule is CCCCc1ccc(S(=O)(=O)C2CNC(SCC(=O)Nc3cccc(Cl)c3)NC2=O)cc1. The summed E-state index contributed by atoms with van der Waals surface area (Å²) in [7, 11) is -3.82. The zero-order chi connectivity index (χ0) is 23.1. The normalized spacial score (nSPS) is 18.8. The highest BCUT2D eigenvalue weighted by Crippen LogP contribution is 2.21. The number of thioether (sulfide) groups is 1. The number of rotatable bonds is 9. The van der Waals surface area contributed by atoms with Crippen molar-refractivity contribution in [1.29, 1.82) is 0 Å². The first kappa shape index (κ1) is 24.6. The van der Waals surface area contributed by atoms with Crippen molar-refractivity contribution in [1.82, 2.24) is 10.6 Å². The van der Waals surface area contributed by atoms with Crippen LogP contribution < -0.4 is 16.0 Å². The molecule has 1 fully saturated rings. The Kier molecular flexibility index (Phi) is 8.58. The van der Waals surface area contributed by atoms with Crippen molar-refractivity contribution in [3.8, 4) is 0 Å². The summed E-state index contributed by atoms with van der Waals surface area (Å²) in [5.74, 6) is -0.765. The maximum absolute atomic E-state index is 12.9. The molecule has 10 heteroatoms. The van der Waals surface area contributed by atoms with Crippen LogP contribution in [0.4, 0.5) is 5.69 Å². The van der Waals surface area contributed by atoms with Crippen molar-refractivity contribution in [2.75, 3.05) is 17.6 Å². The first-order valence-electron chi connectivity index (χ1n) is 10.3. The number of carbonyl (C=O) groups excluding carboxylic acids is 2. The summed E-state index contributed by atoms with van der Waals surface area (Å²) in [6, 6.07) is 13.5. The second kappa shape index (κ2) is 11.2. The van der Waals surface area contributed by atoms with Crippen LogP contribution in [0.1, 0.15) is 25.3 Å². The smallest absolute Gasteiger partial charge is 0.241 e. The van der Waals surface area contributed by atoms with Gasteiger partial charge in [0.05, 0.1) is 10.6 Å². The van der Waals surface area contributed by atoms with E-state index in [4.69, 9.17) is 11.6 Å². The van der Waals surface area contributed by atoms with Crippen LogP contribution in [0.2, 0.25) is 5.02 Å². The number of sulfone groups is 1. The van der Waals surface area contributed by atoms with Crippen LogP contribution in [-0.2, 0) is 25.8 Å². The molecule has 1 heterocycles. The monoisotopic (exact) mass is 495 g/mol. The quantitative estimate of drug-likeness (QED) is 0.493. The molecule has 32 heavy (non-hydrogen) atoms. The van der Waals surface area contributed by atoms with Gasteiger partial charge in [0.2, 0.25) is 11.8 Å². The molecule has 1 aliphatic rings. The molecule has 172 valence electrons. The lowest BCUT2D eigenvalue weighted by Crippen LogP contribution is -2.59. The second-order valence-electron chi connectivity index (χ2n) is 7.45. The summed E-state index contributed by atoms with van der Waals surface area (Å²) in [6.07, 6.45) is 3.00. The first-order valence-corrected chi connectivity index (χ1v) is 13.3. The summed E-state index contributed by atoms with van der Waals surface area (Å²) < 4.78 is 25.9. The number of hydrogen-bond acceptors (Lipinski definition) is 6. The van der Waals surface area contributed by atoms with E-state index in [1.807, 2.05) is 0 Å². The maximum Gasteiger partial charge on any atom is 0.241 e. The first-order chi connectivity index (χ1) is 15.3. The van der Waals surface area contributed by atoms with Gasteiger partial charge in [-0.1, -0.05) is 43.1 Å². The Morgan fingerprint density at radius 3 is 2.62 bits per heavy atom. The molecule has 0 bridgehead atoms. The lowest BCUT2D eigenvalue weighted by atomic mass is 10.1. The van der Waals surface area contributed by atoms with Gasteiger partial charge in [-0.3, -0.25) is 14.9 Å². The fourth-order valence-electron chi connectivity index (χ4n) is 3.24. The predicted molar refractivity (Wildman–Crippen MR) is 129 cm³/mol. The summed E-state index contributed by atoms with van der Waals surface area (Å²) in [5.41, 5.74) is 1.09. The Hall–Kier alpha value is -2.07. The average molecular weight is 496 g/mol. The minimum Gasteiger partial charge on any atom is -0.331 e. The van der Waals surface area contributed by atoms with Crippen LogP contribution in [-0.4, -0.2) is 43.3 Å². The lowest BCUT2D eigenvalue weighted by molar-refractivity contribution is -0.122. The van der Waals surface area contributed by atoms with Crippen LogP contribution in [0.25, 0.3) is 0 Å². The predicted octanol–water partition coefficient (Wildman–Crippen LogP) is 3.20. The van der Waals surface area contributed by atoms with Gasteiger partial charge >= 0.3 is 0 Å². The highest BCUT2D eigenvalue weighted by molar-refractivity contribution is 8.00. The van der Waals surface area contributed by atoms with E-state index < -0.39 is 26.5 Å². The van der Waals surface area contributed by atoms with Gasteiger partial charge in [0, 0.05) is 17.3 Å². The molecular weight excluding hydrogens is 470 g/mol. The van der Waals surface area contributed by atoms with Crippen molar-refractivity contribution in [3.05, 3.63) is 59.1 Å². The number of halogens is 1. The molecule has 0 aromatic heterocycles. The second-order valence-corrected chi connectivity index (χ2v) is 11.1. The van der Waals surface area contributed by atoms with Crippen molar-refractivity contribution >= 4 is 50.7 Å². The van der Waals surface area contributed by atoms with Crippen molar-refractivity contribution in [3.63, 3.8) is 0 Å². The van der Waals surface area contributed by atoms with Crippen molar-refractivity contribution < 1.29 is 18.0 Å². The molecular formula is C22H26ClN3O4S2. The van der Waals surface area contributed by atoms with Crippen LogP contribution in [0.3, 0.4) is 0 Å². The Bertz CT molecular complexity index is 1060. The molecule has 1 aliphatic heterocycles. The maximum atomic E-state index is 12.9. The third kappa shape index (κ3) is 6.48. The number of carbonyl (C=O) groups is 2. The fraction of sp³-hybridized carbons (Fsp3) is 0.364. The molecule has 0 spiro atoms. The van der Waals surface area contributed by atoms with Crippen LogP contribution >= 0.6 is 23.4 Å². The molecule has 2 atom stereocenters. The Balaban J connectivity index is 1.53. The molecule has 3 N–H and O–H groups in total. The number of anilines is 1. The Morgan fingerprint density at radius 1 is 1.22 bits per heavy atom.